The van der Waals surface area contributed by atoms with Crippen molar-refractivity contribution in [1.82, 2.24) is 10.2 Å². The monoisotopic (exact) mass is 545 g/mol. The molecule has 3 rings (SSSR count). The van der Waals surface area contributed by atoms with Crippen LogP contribution in [-0.4, -0.2) is 62.7 Å². The number of hydrogen-bond acceptors (Lipinski definition) is 6. The van der Waals surface area contributed by atoms with Crippen molar-refractivity contribution in [3.63, 3.8) is 0 Å². The number of sulfonamides is 1. The number of hydrogen-bond donors (Lipinski definition) is 1. The SMILES string of the molecule is CC[C@@H](C)NC(=O)[C@H](CC)N(Cc1ccccc1C)C(=O)CN(c1ccc2c(c1)OCCO2)S(=O)(=O)CC. The summed E-state index contributed by atoms with van der Waals surface area (Å²) in [5, 5.41) is 2.98. The van der Waals surface area contributed by atoms with Crippen LogP contribution in [0.2, 0.25) is 0 Å². The molecule has 0 saturated carbocycles. The molecule has 0 saturated heterocycles. The van der Waals surface area contributed by atoms with Crippen molar-refractivity contribution in [2.75, 3.05) is 29.8 Å². The van der Waals surface area contributed by atoms with Gasteiger partial charge in [-0.3, -0.25) is 13.9 Å². The van der Waals surface area contributed by atoms with Gasteiger partial charge in [0, 0.05) is 18.7 Å². The fraction of sp³-hybridized carbons (Fsp3) is 0.500. The number of aryl methyl sites for hydroxylation is 1. The molecule has 2 atom stereocenters. The molecular weight excluding hydrogens is 506 g/mol. The number of rotatable bonds is 12. The standard InChI is InChI=1S/C28H39N3O6S/c1-6-21(5)29-28(33)24(7-2)30(18-22-12-10-9-11-20(22)4)27(32)19-31(38(34,35)8-3)23-13-14-25-26(17-23)37-16-15-36-25/h9-14,17,21,24H,6-8,15-16,18-19H2,1-5H3,(H,29,33)/t21-,24+/m1/s1. The molecule has 9 nitrogen and oxygen atoms in total. The normalized spacial score (nSPS) is 14.3. The first-order valence-electron chi connectivity index (χ1n) is 13.2. The van der Waals surface area contributed by atoms with Crippen LogP contribution in [0.1, 0.15) is 51.7 Å². The number of fused-ring (bicyclic) bond motifs is 1. The Morgan fingerprint density at radius 1 is 1.00 bits per heavy atom. The molecule has 1 heterocycles. The van der Waals surface area contributed by atoms with Gasteiger partial charge in [0.1, 0.15) is 25.8 Å². The van der Waals surface area contributed by atoms with E-state index in [2.05, 4.69) is 5.32 Å². The maximum absolute atomic E-state index is 13.9. The van der Waals surface area contributed by atoms with Gasteiger partial charge in [-0.15, -0.1) is 0 Å². The van der Waals surface area contributed by atoms with Crippen molar-refractivity contribution in [1.29, 1.82) is 0 Å². The number of benzene rings is 2. The fourth-order valence-electron chi connectivity index (χ4n) is 4.24. The lowest BCUT2D eigenvalue weighted by Gasteiger charge is -2.34. The van der Waals surface area contributed by atoms with E-state index in [4.69, 9.17) is 9.47 Å². The second-order valence-corrected chi connectivity index (χ2v) is 11.6. The van der Waals surface area contributed by atoms with Crippen LogP contribution in [0.4, 0.5) is 5.69 Å². The summed E-state index contributed by atoms with van der Waals surface area (Å²) in [6.07, 6.45) is 1.13. The lowest BCUT2D eigenvalue weighted by atomic mass is 10.1. The molecule has 1 aliphatic rings. The Kier molecular flexibility index (Phi) is 10.0. The maximum atomic E-state index is 13.9. The molecular formula is C28H39N3O6S. The minimum atomic E-state index is -3.84. The third kappa shape index (κ3) is 6.98. The third-order valence-corrected chi connectivity index (χ3v) is 8.52. The summed E-state index contributed by atoms with van der Waals surface area (Å²) in [6, 6.07) is 11.7. The van der Waals surface area contributed by atoms with Gasteiger partial charge in [-0.1, -0.05) is 38.1 Å². The number of nitrogens with zero attached hydrogens (tertiary/aromatic N) is 2. The van der Waals surface area contributed by atoms with E-state index in [1.54, 1.807) is 18.2 Å². The molecule has 2 aromatic rings. The second kappa shape index (κ2) is 13.0. The van der Waals surface area contributed by atoms with Crippen LogP contribution in [0.25, 0.3) is 0 Å². The van der Waals surface area contributed by atoms with Crippen LogP contribution in [0.15, 0.2) is 42.5 Å². The summed E-state index contributed by atoms with van der Waals surface area (Å²) in [6.45, 7) is 9.70. The lowest BCUT2D eigenvalue weighted by Crippen LogP contribution is -2.53. The molecule has 208 valence electrons. The van der Waals surface area contributed by atoms with Crippen LogP contribution in [-0.2, 0) is 26.2 Å². The number of nitrogens with one attached hydrogen (secondary N) is 1. The van der Waals surface area contributed by atoms with Gasteiger partial charge < -0.3 is 19.7 Å². The highest BCUT2D eigenvalue weighted by Crippen LogP contribution is 2.35. The van der Waals surface area contributed by atoms with Gasteiger partial charge in [-0.2, -0.15) is 0 Å². The van der Waals surface area contributed by atoms with E-state index in [0.717, 1.165) is 21.9 Å². The topological polar surface area (TPSA) is 105 Å². The molecule has 0 fully saturated rings. The fourth-order valence-corrected chi connectivity index (χ4v) is 5.29. The van der Waals surface area contributed by atoms with Gasteiger partial charge in [-0.25, -0.2) is 8.42 Å². The van der Waals surface area contributed by atoms with E-state index < -0.39 is 28.5 Å². The van der Waals surface area contributed by atoms with Crippen LogP contribution < -0.4 is 19.1 Å². The van der Waals surface area contributed by atoms with E-state index in [0.29, 0.717) is 36.8 Å². The zero-order chi connectivity index (χ0) is 27.9. The van der Waals surface area contributed by atoms with Gasteiger partial charge in [0.05, 0.1) is 11.4 Å². The molecule has 0 aliphatic carbocycles. The molecule has 0 spiro atoms. The van der Waals surface area contributed by atoms with Crippen molar-refractivity contribution in [2.24, 2.45) is 0 Å². The molecule has 0 radical (unpaired) electrons. The van der Waals surface area contributed by atoms with Gasteiger partial charge in [-0.05, 0) is 56.9 Å². The Labute approximate surface area is 226 Å². The number of anilines is 1. The third-order valence-electron chi connectivity index (χ3n) is 6.78. The Balaban J connectivity index is 1.99. The van der Waals surface area contributed by atoms with Gasteiger partial charge in [0.15, 0.2) is 11.5 Å². The molecule has 10 heteroatoms. The first kappa shape index (κ1) is 29.3. The number of carbonyl (C=O) groups is 2. The average Bonchev–Trinajstić information content (AvgIpc) is 2.92. The Hall–Kier alpha value is -3.27. The van der Waals surface area contributed by atoms with Gasteiger partial charge in [0.25, 0.3) is 0 Å². The summed E-state index contributed by atoms with van der Waals surface area (Å²) < 4.78 is 38.7. The summed E-state index contributed by atoms with van der Waals surface area (Å²) in [4.78, 5) is 28.7. The van der Waals surface area contributed by atoms with Crippen LogP contribution >= 0.6 is 0 Å². The molecule has 0 unspecified atom stereocenters. The molecule has 1 N–H and O–H groups in total. The zero-order valence-corrected chi connectivity index (χ0v) is 23.7. The highest BCUT2D eigenvalue weighted by Gasteiger charge is 2.33. The van der Waals surface area contributed by atoms with Crippen LogP contribution in [0.5, 0.6) is 11.5 Å². The minimum absolute atomic E-state index is 0.0540. The summed E-state index contributed by atoms with van der Waals surface area (Å²) in [5.41, 5.74) is 2.17. The lowest BCUT2D eigenvalue weighted by molar-refractivity contribution is -0.140. The highest BCUT2D eigenvalue weighted by molar-refractivity contribution is 7.92. The van der Waals surface area contributed by atoms with E-state index in [1.165, 1.54) is 11.8 Å². The Bertz CT molecular complexity index is 1230. The largest absolute Gasteiger partial charge is 0.486 e. The molecule has 0 bridgehead atoms. The molecule has 0 aromatic heterocycles. The van der Waals surface area contributed by atoms with Gasteiger partial charge in [0.2, 0.25) is 21.8 Å². The first-order chi connectivity index (χ1) is 18.1. The predicted molar refractivity (Wildman–Crippen MR) is 148 cm³/mol. The first-order valence-corrected chi connectivity index (χ1v) is 14.8. The Morgan fingerprint density at radius 3 is 2.32 bits per heavy atom. The summed E-state index contributed by atoms with van der Waals surface area (Å²) in [7, 11) is -3.84. The highest BCUT2D eigenvalue weighted by atomic mass is 32.2. The number of carbonyl (C=O) groups excluding carboxylic acids is 2. The predicted octanol–water partition coefficient (Wildman–Crippen LogP) is 3.64. The minimum Gasteiger partial charge on any atom is -0.486 e. The van der Waals surface area contributed by atoms with Crippen molar-refractivity contribution in [2.45, 2.75) is 66.1 Å². The molecule has 2 amide bonds. The van der Waals surface area contributed by atoms with Crippen molar-refractivity contribution in [3.8, 4) is 11.5 Å². The quantitative estimate of drug-likeness (QED) is 0.437. The van der Waals surface area contributed by atoms with E-state index in [9.17, 15) is 18.0 Å². The average molecular weight is 546 g/mol. The van der Waals surface area contributed by atoms with Crippen molar-refractivity contribution in [3.05, 3.63) is 53.6 Å². The number of amides is 2. The van der Waals surface area contributed by atoms with Crippen LogP contribution in [0.3, 0.4) is 0 Å². The summed E-state index contributed by atoms with van der Waals surface area (Å²) >= 11 is 0. The molecule has 1 aliphatic heterocycles. The zero-order valence-electron chi connectivity index (χ0n) is 22.9. The van der Waals surface area contributed by atoms with Crippen molar-refractivity contribution < 1.29 is 27.5 Å². The second-order valence-electron chi connectivity index (χ2n) is 9.43. The van der Waals surface area contributed by atoms with Gasteiger partial charge >= 0.3 is 0 Å². The van der Waals surface area contributed by atoms with E-state index >= 15 is 0 Å². The van der Waals surface area contributed by atoms with E-state index in [1.807, 2.05) is 52.0 Å². The van der Waals surface area contributed by atoms with Crippen molar-refractivity contribution >= 4 is 27.5 Å². The maximum Gasteiger partial charge on any atom is 0.244 e. The Morgan fingerprint density at radius 2 is 1.68 bits per heavy atom. The molecule has 38 heavy (non-hydrogen) atoms. The summed E-state index contributed by atoms with van der Waals surface area (Å²) in [5.74, 6) is 0.0279. The molecule has 2 aromatic carbocycles. The smallest absolute Gasteiger partial charge is 0.244 e. The number of ether oxygens (including phenoxy) is 2. The van der Waals surface area contributed by atoms with Crippen LogP contribution in [0, 0.1) is 6.92 Å². The van der Waals surface area contributed by atoms with E-state index in [-0.39, 0.29) is 24.2 Å².